The summed E-state index contributed by atoms with van der Waals surface area (Å²) in [4.78, 5) is 25.0. The summed E-state index contributed by atoms with van der Waals surface area (Å²) in [6.45, 7) is 1.33. The molecule has 1 rings (SSSR count). The number of carboxylic acid groups (broad SMARTS) is 1. The van der Waals surface area contributed by atoms with Crippen LogP contribution in [0.1, 0.15) is 0 Å². The number of likely N-dealkylation sites (N-methyl/N-ethyl adjacent to an activating group) is 1. The summed E-state index contributed by atoms with van der Waals surface area (Å²) in [5, 5.41) is 8.61. The number of rotatable bonds is 4. The highest BCUT2D eigenvalue weighted by Gasteiger charge is 2.35. The van der Waals surface area contributed by atoms with Crippen LogP contribution in [0.3, 0.4) is 0 Å². The fraction of sp³-hybridized carbons (Fsp3) is 0.750. The Hall–Kier alpha value is -1.30. The van der Waals surface area contributed by atoms with Crippen LogP contribution < -0.4 is 0 Å². The molecule has 1 amide bonds. The van der Waals surface area contributed by atoms with Crippen LogP contribution in [0.2, 0.25) is 0 Å². The third-order valence-electron chi connectivity index (χ3n) is 1.98. The summed E-state index contributed by atoms with van der Waals surface area (Å²) >= 11 is 0. The van der Waals surface area contributed by atoms with Gasteiger partial charge in [0.25, 0.3) is 0 Å². The van der Waals surface area contributed by atoms with Crippen molar-refractivity contribution in [2.45, 2.75) is 6.10 Å². The largest absolute Gasteiger partial charge is 0.478 e. The number of nitrogens with zero attached hydrogens (tertiary/aromatic N) is 2. The van der Waals surface area contributed by atoms with Crippen molar-refractivity contribution in [3.05, 3.63) is 0 Å². The molecule has 0 radical (unpaired) electrons. The SMILES string of the molecule is CN(C)CCN1C[C@H](C(=O)O)OC1=O. The predicted octanol–water partition coefficient (Wildman–Crippen LogP) is -0.547. The highest BCUT2D eigenvalue weighted by Crippen LogP contribution is 2.10. The molecule has 1 heterocycles. The summed E-state index contributed by atoms with van der Waals surface area (Å²) in [6.07, 6.45) is -1.55. The zero-order chi connectivity index (χ0) is 10.7. The molecule has 0 aromatic carbocycles. The normalized spacial score (nSPS) is 21.5. The van der Waals surface area contributed by atoms with Crippen LogP contribution in [-0.4, -0.2) is 66.8 Å². The Balaban J connectivity index is 2.41. The molecule has 6 nitrogen and oxygen atoms in total. The lowest BCUT2D eigenvalue weighted by molar-refractivity contribution is -0.144. The second kappa shape index (κ2) is 4.28. The molecule has 0 bridgehead atoms. The summed E-state index contributed by atoms with van der Waals surface area (Å²) < 4.78 is 4.64. The lowest BCUT2D eigenvalue weighted by Gasteiger charge is -2.15. The second-order valence-corrected chi connectivity index (χ2v) is 3.46. The molecule has 0 aromatic heterocycles. The third-order valence-corrected chi connectivity index (χ3v) is 1.98. The van der Waals surface area contributed by atoms with Gasteiger partial charge in [0.2, 0.25) is 6.10 Å². The Bertz CT molecular complexity index is 241. The fourth-order valence-corrected chi connectivity index (χ4v) is 1.14. The average Bonchev–Trinajstić information content (AvgIpc) is 2.43. The molecule has 6 heteroatoms. The van der Waals surface area contributed by atoms with Gasteiger partial charge in [0.1, 0.15) is 0 Å². The molecule has 1 saturated heterocycles. The highest BCUT2D eigenvalue weighted by molar-refractivity contribution is 5.81. The number of carbonyl (C=O) groups excluding carboxylic acids is 1. The Labute approximate surface area is 82.0 Å². The number of aliphatic carboxylic acids is 1. The van der Waals surface area contributed by atoms with Crippen molar-refractivity contribution in [3.63, 3.8) is 0 Å². The minimum Gasteiger partial charge on any atom is -0.478 e. The summed E-state index contributed by atoms with van der Waals surface area (Å²) in [6, 6.07) is 0. The molecule has 14 heavy (non-hydrogen) atoms. The van der Waals surface area contributed by atoms with Gasteiger partial charge in [-0.15, -0.1) is 0 Å². The smallest absolute Gasteiger partial charge is 0.410 e. The van der Waals surface area contributed by atoms with E-state index >= 15 is 0 Å². The van der Waals surface area contributed by atoms with Crippen molar-refractivity contribution >= 4 is 12.1 Å². The number of hydrogen-bond donors (Lipinski definition) is 1. The fourth-order valence-electron chi connectivity index (χ4n) is 1.14. The standard InChI is InChI=1S/C8H14N2O4/c1-9(2)3-4-10-5-6(7(11)12)14-8(10)13/h6H,3-5H2,1-2H3,(H,11,12)/t6-/m1/s1. The number of amides is 1. The van der Waals surface area contributed by atoms with E-state index in [0.717, 1.165) is 0 Å². The zero-order valence-corrected chi connectivity index (χ0v) is 8.27. The molecule has 1 aliphatic heterocycles. The van der Waals surface area contributed by atoms with Gasteiger partial charge in [-0.2, -0.15) is 0 Å². The maximum atomic E-state index is 11.1. The van der Waals surface area contributed by atoms with Crippen molar-refractivity contribution in [1.29, 1.82) is 0 Å². The molecular formula is C8H14N2O4. The molecule has 0 saturated carbocycles. The monoisotopic (exact) mass is 202 g/mol. The maximum absolute atomic E-state index is 11.1. The topological polar surface area (TPSA) is 70.1 Å². The van der Waals surface area contributed by atoms with Crippen molar-refractivity contribution < 1.29 is 19.4 Å². The lowest BCUT2D eigenvalue weighted by Crippen LogP contribution is -2.33. The molecular weight excluding hydrogens is 188 g/mol. The Morgan fingerprint density at radius 2 is 2.36 bits per heavy atom. The van der Waals surface area contributed by atoms with Crippen molar-refractivity contribution in [1.82, 2.24) is 9.80 Å². The van der Waals surface area contributed by atoms with Gasteiger partial charge in [0.15, 0.2) is 0 Å². The maximum Gasteiger partial charge on any atom is 0.410 e. The molecule has 1 fully saturated rings. The van der Waals surface area contributed by atoms with Crippen LogP contribution in [-0.2, 0) is 9.53 Å². The van der Waals surface area contributed by atoms with Crippen LogP contribution in [0, 0.1) is 0 Å². The summed E-state index contributed by atoms with van der Waals surface area (Å²) in [7, 11) is 3.77. The van der Waals surface area contributed by atoms with E-state index in [9.17, 15) is 9.59 Å². The molecule has 0 unspecified atom stereocenters. The van der Waals surface area contributed by atoms with Crippen LogP contribution in [0.4, 0.5) is 4.79 Å². The first-order chi connectivity index (χ1) is 6.50. The molecule has 80 valence electrons. The quantitative estimate of drug-likeness (QED) is 0.662. The summed E-state index contributed by atoms with van der Waals surface area (Å²) in [5.74, 6) is -1.09. The van der Waals surface area contributed by atoms with Gasteiger partial charge in [0.05, 0.1) is 6.54 Å². The first-order valence-corrected chi connectivity index (χ1v) is 4.34. The Kier molecular flexibility index (Phi) is 3.29. The minimum atomic E-state index is -1.09. The highest BCUT2D eigenvalue weighted by atomic mass is 16.6. The number of cyclic esters (lactones) is 1. The predicted molar refractivity (Wildman–Crippen MR) is 48.0 cm³/mol. The number of carbonyl (C=O) groups is 2. The number of hydrogen-bond acceptors (Lipinski definition) is 4. The van der Waals surface area contributed by atoms with Crippen molar-refractivity contribution in [3.8, 4) is 0 Å². The van der Waals surface area contributed by atoms with E-state index in [2.05, 4.69) is 4.74 Å². The molecule has 1 N–H and O–H groups in total. The van der Waals surface area contributed by atoms with E-state index in [-0.39, 0.29) is 6.54 Å². The molecule has 1 aliphatic rings. The van der Waals surface area contributed by atoms with Gasteiger partial charge in [0, 0.05) is 13.1 Å². The van der Waals surface area contributed by atoms with E-state index in [1.807, 2.05) is 19.0 Å². The zero-order valence-electron chi connectivity index (χ0n) is 8.27. The third kappa shape index (κ3) is 2.59. The number of carboxylic acids is 1. The average molecular weight is 202 g/mol. The van der Waals surface area contributed by atoms with Crippen molar-refractivity contribution in [2.24, 2.45) is 0 Å². The second-order valence-electron chi connectivity index (χ2n) is 3.46. The first-order valence-electron chi connectivity index (χ1n) is 4.34. The van der Waals surface area contributed by atoms with E-state index in [1.54, 1.807) is 0 Å². The van der Waals surface area contributed by atoms with Gasteiger partial charge < -0.3 is 19.6 Å². The van der Waals surface area contributed by atoms with E-state index in [0.29, 0.717) is 13.1 Å². The molecule has 0 spiro atoms. The summed E-state index contributed by atoms with van der Waals surface area (Å²) in [5.41, 5.74) is 0. The first kappa shape index (κ1) is 10.8. The van der Waals surface area contributed by atoms with E-state index in [1.165, 1.54) is 4.90 Å². The lowest BCUT2D eigenvalue weighted by atomic mass is 10.3. The minimum absolute atomic E-state index is 0.141. The van der Waals surface area contributed by atoms with Crippen LogP contribution in [0.5, 0.6) is 0 Å². The Morgan fingerprint density at radius 3 is 2.79 bits per heavy atom. The van der Waals surface area contributed by atoms with E-state index in [4.69, 9.17) is 5.11 Å². The van der Waals surface area contributed by atoms with Gasteiger partial charge in [-0.3, -0.25) is 0 Å². The number of ether oxygens (including phenoxy) is 1. The van der Waals surface area contributed by atoms with Crippen molar-refractivity contribution in [2.75, 3.05) is 33.7 Å². The van der Waals surface area contributed by atoms with Gasteiger partial charge in [-0.05, 0) is 14.1 Å². The van der Waals surface area contributed by atoms with Crippen LogP contribution in [0.25, 0.3) is 0 Å². The Morgan fingerprint density at radius 1 is 1.71 bits per heavy atom. The van der Waals surface area contributed by atoms with Gasteiger partial charge >= 0.3 is 12.1 Å². The molecule has 0 aliphatic carbocycles. The van der Waals surface area contributed by atoms with Crippen LogP contribution >= 0.6 is 0 Å². The molecule has 1 atom stereocenters. The van der Waals surface area contributed by atoms with Gasteiger partial charge in [-0.1, -0.05) is 0 Å². The molecule has 0 aromatic rings. The van der Waals surface area contributed by atoms with Gasteiger partial charge in [-0.25, -0.2) is 9.59 Å². The van der Waals surface area contributed by atoms with E-state index < -0.39 is 18.2 Å². The van der Waals surface area contributed by atoms with Crippen LogP contribution in [0.15, 0.2) is 0 Å².